The minimum atomic E-state index is -0.942. The van der Waals surface area contributed by atoms with E-state index in [1.807, 2.05) is 6.92 Å². The summed E-state index contributed by atoms with van der Waals surface area (Å²) < 4.78 is 19.2. The normalized spacial score (nSPS) is 17.4. The lowest BCUT2D eigenvalue weighted by Gasteiger charge is -2.25. The molecule has 1 atom stereocenters. The molecule has 5 nitrogen and oxygen atoms in total. The molecule has 1 aliphatic rings. The molecule has 3 aromatic carbocycles. The molecule has 0 bridgehead atoms. The number of carbonyl (C=O) groups is 2. The first-order valence-corrected chi connectivity index (χ1v) is 10.8. The summed E-state index contributed by atoms with van der Waals surface area (Å²) in [5.74, 6) is -1.77. The smallest absolute Gasteiger partial charge is 0.300 e. The summed E-state index contributed by atoms with van der Waals surface area (Å²) in [6, 6.07) is 17.6. The van der Waals surface area contributed by atoms with E-state index < -0.39 is 23.5 Å². The molecule has 0 aromatic heterocycles. The van der Waals surface area contributed by atoms with Gasteiger partial charge in [0.1, 0.15) is 17.3 Å². The lowest BCUT2D eigenvalue weighted by atomic mass is 9.95. The van der Waals surface area contributed by atoms with E-state index in [0.717, 1.165) is 6.42 Å². The monoisotopic (exact) mass is 465 g/mol. The number of carbonyl (C=O) groups excluding carboxylic acids is 2. The topological polar surface area (TPSA) is 66.8 Å². The van der Waals surface area contributed by atoms with Crippen LogP contribution in [0.2, 0.25) is 5.02 Å². The SMILES string of the molecule is CCCOc1ccc(/C(O)=C2\C(=O)C(=O)N(c3ccc(Cl)cc3)C2c2ccc(F)cc2)cc1. The fourth-order valence-electron chi connectivity index (χ4n) is 3.75. The second kappa shape index (κ2) is 9.46. The number of ketones is 1. The molecule has 0 spiro atoms. The molecular weight excluding hydrogens is 445 g/mol. The van der Waals surface area contributed by atoms with Gasteiger partial charge in [-0.15, -0.1) is 0 Å². The molecular formula is C26H21ClFNO4. The standard InChI is InChI=1S/C26H21ClFNO4/c1-2-15-33-21-13-5-17(6-14-21)24(30)22-23(16-3-9-19(28)10-4-16)29(26(32)25(22)31)20-11-7-18(27)8-12-20/h3-14,23,30H,2,15H2,1H3/b24-22+. The number of benzene rings is 3. The van der Waals surface area contributed by atoms with Crippen LogP contribution in [-0.2, 0) is 9.59 Å². The third-order valence-corrected chi connectivity index (χ3v) is 5.59. The fourth-order valence-corrected chi connectivity index (χ4v) is 3.87. The van der Waals surface area contributed by atoms with E-state index in [9.17, 15) is 19.1 Å². The number of ether oxygens (including phenoxy) is 1. The third-order valence-electron chi connectivity index (χ3n) is 5.34. The van der Waals surface area contributed by atoms with Crippen molar-refractivity contribution in [1.29, 1.82) is 0 Å². The van der Waals surface area contributed by atoms with Crippen LogP contribution in [0.4, 0.5) is 10.1 Å². The predicted molar refractivity (Wildman–Crippen MR) is 125 cm³/mol. The molecule has 1 fully saturated rings. The quantitative estimate of drug-likeness (QED) is 0.280. The first kappa shape index (κ1) is 22.6. The number of aliphatic hydroxyl groups is 1. The van der Waals surface area contributed by atoms with Crippen LogP contribution in [0.3, 0.4) is 0 Å². The minimum absolute atomic E-state index is 0.0798. The number of halogens is 2. The number of hydrogen-bond donors (Lipinski definition) is 1. The minimum Gasteiger partial charge on any atom is -0.507 e. The second-order valence-electron chi connectivity index (χ2n) is 7.57. The highest BCUT2D eigenvalue weighted by molar-refractivity contribution is 6.51. The van der Waals surface area contributed by atoms with Crippen molar-refractivity contribution in [3.63, 3.8) is 0 Å². The average Bonchev–Trinajstić information content (AvgIpc) is 3.09. The zero-order valence-corrected chi connectivity index (χ0v) is 18.6. The van der Waals surface area contributed by atoms with Crippen LogP contribution in [0.25, 0.3) is 5.76 Å². The fraction of sp³-hybridized carbons (Fsp3) is 0.154. The van der Waals surface area contributed by atoms with Crippen LogP contribution in [0.1, 0.15) is 30.5 Å². The van der Waals surface area contributed by atoms with Crippen LogP contribution in [0.15, 0.2) is 78.4 Å². The van der Waals surface area contributed by atoms with Gasteiger partial charge in [0.2, 0.25) is 0 Å². The summed E-state index contributed by atoms with van der Waals surface area (Å²) in [6.07, 6.45) is 0.855. The van der Waals surface area contributed by atoms with E-state index in [4.69, 9.17) is 16.3 Å². The van der Waals surface area contributed by atoms with E-state index in [0.29, 0.717) is 34.2 Å². The summed E-state index contributed by atoms with van der Waals surface area (Å²) in [6.45, 7) is 2.55. The van der Waals surface area contributed by atoms with Gasteiger partial charge in [-0.1, -0.05) is 30.7 Å². The zero-order valence-electron chi connectivity index (χ0n) is 17.8. The van der Waals surface area contributed by atoms with Gasteiger partial charge in [0.15, 0.2) is 0 Å². The molecule has 1 aliphatic heterocycles. The highest BCUT2D eigenvalue weighted by Gasteiger charge is 2.46. The molecule has 7 heteroatoms. The van der Waals surface area contributed by atoms with Gasteiger partial charge in [-0.05, 0) is 72.6 Å². The van der Waals surface area contributed by atoms with Crippen molar-refractivity contribution in [2.45, 2.75) is 19.4 Å². The molecule has 0 radical (unpaired) electrons. The Labute approximate surface area is 195 Å². The Morgan fingerprint density at radius 1 is 1.00 bits per heavy atom. The zero-order chi connectivity index (χ0) is 23.5. The molecule has 1 amide bonds. The number of aliphatic hydroxyl groups excluding tert-OH is 1. The van der Waals surface area contributed by atoms with Crippen LogP contribution in [0, 0.1) is 5.82 Å². The molecule has 4 rings (SSSR count). The van der Waals surface area contributed by atoms with Crippen LogP contribution >= 0.6 is 11.6 Å². The maximum absolute atomic E-state index is 13.6. The summed E-state index contributed by atoms with van der Waals surface area (Å²) >= 11 is 5.99. The molecule has 1 unspecified atom stereocenters. The van der Waals surface area contributed by atoms with Crippen molar-refractivity contribution in [3.05, 3.63) is 100 Å². The summed E-state index contributed by atoms with van der Waals surface area (Å²) in [5, 5.41) is 11.6. The molecule has 3 aromatic rings. The van der Waals surface area contributed by atoms with Crippen LogP contribution in [-0.4, -0.2) is 23.4 Å². The lowest BCUT2D eigenvalue weighted by molar-refractivity contribution is -0.132. The first-order valence-electron chi connectivity index (χ1n) is 10.5. The highest BCUT2D eigenvalue weighted by atomic mass is 35.5. The molecule has 1 N–H and O–H groups in total. The van der Waals surface area contributed by atoms with Crippen molar-refractivity contribution in [2.24, 2.45) is 0 Å². The molecule has 0 saturated carbocycles. The van der Waals surface area contributed by atoms with Crippen LogP contribution in [0.5, 0.6) is 5.75 Å². The van der Waals surface area contributed by atoms with Gasteiger partial charge < -0.3 is 9.84 Å². The molecule has 1 saturated heterocycles. The van der Waals surface area contributed by atoms with Gasteiger partial charge in [0, 0.05) is 16.3 Å². The van der Waals surface area contributed by atoms with E-state index in [2.05, 4.69) is 0 Å². The maximum atomic E-state index is 13.6. The number of Topliss-reactive ketones (excluding diaryl/α,β-unsaturated/α-hetero) is 1. The Morgan fingerprint density at radius 2 is 1.64 bits per heavy atom. The van der Waals surface area contributed by atoms with Crippen molar-refractivity contribution in [2.75, 3.05) is 11.5 Å². The Bertz CT molecular complexity index is 1200. The molecule has 1 heterocycles. The first-order chi connectivity index (χ1) is 15.9. The Balaban J connectivity index is 1.84. The summed E-state index contributed by atoms with van der Waals surface area (Å²) in [4.78, 5) is 27.4. The number of anilines is 1. The third kappa shape index (κ3) is 4.47. The lowest BCUT2D eigenvalue weighted by Crippen LogP contribution is -2.29. The highest BCUT2D eigenvalue weighted by Crippen LogP contribution is 2.42. The van der Waals surface area contributed by atoms with E-state index in [-0.39, 0.29) is 11.3 Å². The molecule has 168 valence electrons. The average molecular weight is 466 g/mol. The molecule has 33 heavy (non-hydrogen) atoms. The maximum Gasteiger partial charge on any atom is 0.300 e. The number of hydrogen-bond acceptors (Lipinski definition) is 4. The summed E-state index contributed by atoms with van der Waals surface area (Å²) in [5.41, 5.74) is 1.19. The van der Waals surface area contributed by atoms with Gasteiger partial charge in [-0.2, -0.15) is 0 Å². The van der Waals surface area contributed by atoms with E-state index in [1.54, 1.807) is 48.5 Å². The van der Waals surface area contributed by atoms with Gasteiger partial charge in [0.05, 0.1) is 18.2 Å². The Morgan fingerprint density at radius 3 is 2.24 bits per heavy atom. The Hall–Kier alpha value is -3.64. The van der Waals surface area contributed by atoms with Gasteiger partial charge in [-0.3, -0.25) is 14.5 Å². The number of rotatable bonds is 6. The van der Waals surface area contributed by atoms with Crippen LogP contribution < -0.4 is 9.64 Å². The van der Waals surface area contributed by atoms with Crippen molar-refractivity contribution in [1.82, 2.24) is 0 Å². The van der Waals surface area contributed by atoms with E-state index >= 15 is 0 Å². The van der Waals surface area contributed by atoms with Crippen molar-refractivity contribution < 1.29 is 23.8 Å². The summed E-state index contributed by atoms with van der Waals surface area (Å²) in [7, 11) is 0. The largest absolute Gasteiger partial charge is 0.507 e. The van der Waals surface area contributed by atoms with E-state index in [1.165, 1.54) is 29.2 Å². The molecule has 0 aliphatic carbocycles. The van der Waals surface area contributed by atoms with Crippen molar-refractivity contribution >= 4 is 34.7 Å². The second-order valence-corrected chi connectivity index (χ2v) is 8.01. The van der Waals surface area contributed by atoms with Gasteiger partial charge >= 0.3 is 0 Å². The van der Waals surface area contributed by atoms with Gasteiger partial charge in [-0.25, -0.2) is 4.39 Å². The number of amides is 1. The Kier molecular flexibility index (Phi) is 6.47. The number of nitrogens with zero attached hydrogens (tertiary/aromatic N) is 1. The van der Waals surface area contributed by atoms with Crippen molar-refractivity contribution in [3.8, 4) is 5.75 Å². The predicted octanol–water partition coefficient (Wildman–Crippen LogP) is 5.89. The van der Waals surface area contributed by atoms with Gasteiger partial charge in [0.25, 0.3) is 11.7 Å².